The van der Waals surface area contributed by atoms with E-state index in [1.54, 1.807) is 22.6 Å². The van der Waals surface area contributed by atoms with Crippen molar-refractivity contribution in [2.45, 2.75) is 6.18 Å². The van der Waals surface area contributed by atoms with E-state index in [9.17, 15) is 18.0 Å². The van der Waals surface area contributed by atoms with Gasteiger partial charge in [-0.2, -0.15) is 13.2 Å². The van der Waals surface area contributed by atoms with Crippen LogP contribution >= 0.6 is 54.5 Å². The lowest BCUT2D eigenvalue weighted by atomic mass is 10.1. The van der Waals surface area contributed by atoms with Crippen LogP contribution in [0.4, 0.5) is 13.2 Å². The Labute approximate surface area is 120 Å². The molecule has 0 spiro atoms. The maximum atomic E-state index is 12.5. The normalized spacial score (nSPS) is 11.6. The number of carbonyl (C=O) groups excluding carboxylic acids is 1. The van der Waals surface area contributed by atoms with Crippen molar-refractivity contribution in [1.29, 1.82) is 0 Å². The fraction of sp³-hybridized carbons (Fsp3) is 0.222. The van der Waals surface area contributed by atoms with Gasteiger partial charge in [0.25, 0.3) is 0 Å². The predicted octanol–water partition coefficient (Wildman–Crippen LogP) is 4.65. The first kappa shape index (κ1) is 14.4. The second-order valence-corrected chi connectivity index (χ2v) is 5.28. The lowest BCUT2D eigenvalue weighted by Gasteiger charge is -2.12. The second kappa shape index (κ2) is 5.34. The van der Waals surface area contributed by atoms with Crippen LogP contribution in [0.25, 0.3) is 0 Å². The molecule has 7 heteroatoms. The molecule has 1 nitrogen and oxygen atoms in total. The van der Waals surface area contributed by atoms with E-state index in [1.165, 1.54) is 6.07 Å². The van der Waals surface area contributed by atoms with Crippen molar-refractivity contribution in [3.8, 4) is 0 Å². The molecule has 0 saturated heterocycles. The van der Waals surface area contributed by atoms with Gasteiger partial charge in [-0.15, -0.1) is 0 Å². The molecular weight excluding hydrogens is 468 g/mol. The molecule has 0 radical (unpaired) electrons. The highest BCUT2D eigenvalue weighted by Crippen LogP contribution is 2.37. The number of Topliss-reactive ketones (excluding diaryl/α,β-unsaturated/α-hetero) is 1. The van der Waals surface area contributed by atoms with Gasteiger partial charge in [-0.25, -0.2) is 0 Å². The van der Waals surface area contributed by atoms with Crippen LogP contribution < -0.4 is 0 Å². The van der Waals surface area contributed by atoms with Gasteiger partial charge < -0.3 is 0 Å². The molecule has 88 valence electrons. The number of carbonyl (C=O) groups is 1. The highest BCUT2D eigenvalue weighted by atomic mass is 127. The van der Waals surface area contributed by atoms with Crippen LogP contribution in [-0.2, 0) is 6.18 Å². The second-order valence-electron chi connectivity index (χ2n) is 2.84. The Morgan fingerprint density at radius 1 is 1.38 bits per heavy atom. The van der Waals surface area contributed by atoms with Crippen LogP contribution in [0.3, 0.4) is 0 Å². The molecule has 0 aliphatic carbocycles. The number of ketones is 1. The highest BCUT2D eigenvalue weighted by molar-refractivity contribution is 14.1. The van der Waals surface area contributed by atoms with Crippen molar-refractivity contribution < 1.29 is 18.0 Å². The van der Waals surface area contributed by atoms with E-state index in [-0.39, 0.29) is 24.7 Å². The number of rotatable bonds is 2. The molecule has 0 N–H and O–H groups in total. The van der Waals surface area contributed by atoms with Gasteiger partial charge in [0.2, 0.25) is 0 Å². The third kappa shape index (κ3) is 2.98. The average molecular weight is 472 g/mol. The van der Waals surface area contributed by atoms with E-state index in [0.29, 0.717) is 0 Å². The summed E-state index contributed by atoms with van der Waals surface area (Å²) in [6.45, 7) is 0. The zero-order valence-corrected chi connectivity index (χ0v) is 12.9. The molecule has 0 heterocycles. The molecule has 0 fully saturated rings. The van der Waals surface area contributed by atoms with Crippen molar-refractivity contribution in [3.63, 3.8) is 0 Å². The Morgan fingerprint density at radius 3 is 2.38 bits per heavy atom. The van der Waals surface area contributed by atoms with E-state index >= 15 is 0 Å². The third-order valence-corrected chi connectivity index (χ3v) is 5.00. The summed E-state index contributed by atoms with van der Waals surface area (Å²) < 4.78 is 37.8. The molecule has 1 aromatic rings. The van der Waals surface area contributed by atoms with Gasteiger partial charge in [-0.1, -0.05) is 15.9 Å². The fourth-order valence-corrected chi connectivity index (χ4v) is 2.70. The first-order valence-corrected chi connectivity index (χ1v) is 6.92. The molecule has 0 saturated carbocycles. The zero-order chi connectivity index (χ0) is 12.5. The average Bonchev–Trinajstić information content (AvgIpc) is 2.19. The molecule has 0 aliphatic rings. The highest BCUT2D eigenvalue weighted by Gasteiger charge is 2.34. The summed E-state index contributed by atoms with van der Waals surface area (Å²) in [4.78, 5) is 11.4. The van der Waals surface area contributed by atoms with Crippen LogP contribution in [0.5, 0.6) is 0 Å². The van der Waals surface area contributed by atoms with E-state index in [2.05, 4.69) is 31.9 Å². The van der Waals surface area contributed by atoms with Crippen LogP contribution in [-0.4, -0.2) is 11.1 Å². The van der Waals surface area contributed by atoms with E-state index in [0.717, 1.165) is 6.07 Å². The summed E-state index contributed by atoms with van der Waals surface area (Å²) in [7, 11) is 0. The molecule has 0 aliphatic heterocycles. The van der Waals surface area contributed by atoms with Crippen molar-refractivity contribution in [2.75, 3.05) is 5.33 Å². The molecule has 16 heavy (non-hydrogen) atoms. The van der Waals surface area contributed by atoms with Gasteiger partial charge in [-0.05, 0) is 50.7 Å². The standard InChI is InChI=1S/C9H4Br2F3IO/c10-3-6(16)4-1-2-5(9(12,13)14)8(15)7(4)11/h1-2H,3H2. The maximum Gasteiger partial charge on any atom is 0.417 e. The monoisotopic (exact) mass is 470 g/mol. The number of benzene rings is 1. The number of alkyl halides is 4. The Bertz CT molecular complexity index is 431. The van der Waals surface area contributed by atoms with E-state index < -0.39 is 11.7 Å². The Morgan fingerprint density at radius 2 is 1.94 bits per heavy atom. The number of halogens is 6. The minimum atomic E-state index is -4.41. The van der Waals surface area contributed by atoms with Gasteiger partial charge in [0.05, 0.1) is 10.9 Å². The van der Waals surface area contributed by atoms with Crippen LogP contribution in [0.1, 0.15) is 15.9 Å². The Hall–Kier alpha value is 0.370. The van der Waals surface area contributed by atoms with Crippen LogP contribution in [0, 0.1) is 3.57 Å². The van der Waals surface area contributed by atoms with Gasteiger partial charge in [-0.3, -0.25) is 4.79 Å². The van der Waals surface area contributed by atoms with Crippen LogP contribution in [0.2, 0.25) is 0 Å². The van der Waals surface area contributed by atoms with Gasteiger partial charge in [0.15, 0.2) is 5.78 Å². The number of hydrogen-bond donors (Lipinski definition) is 0. The number of hydrogen-bond acceptors (Lipinski definition) is 1. The van der Waals surface area contributed by atoms with Crippen molar-refractivity contribution in [3.05, 3.63) is 31.3 Å². The van der Waals surface area contributed by atoms with Gasteiger partial charge in [0, 0.05) is 13.6 Å². The molecule has 0 bridgehead atoms. The summed E-state index contributed by atoms with van der Waals surface area (Å²) in [5.41, 5.74) is -0.500. The van der Waals surface area contributed by atoms with Gasteiger partial charge >= 0.3 is 6.18 Å². The zero-order valence-electron chi connectivity index (χ0n) is 7.54. The first-order valence-electron chi connectivity index (χ1n) is 3.93. The molecule has 0 amide bonds. The summed E-state index contributed by atoms with van der Waals surface area (Å²) in [6, 6.07) is 2.10. The summed E-state index contributed by atoms with van der Waals surface area (Å²) in [5.74, 6) is -0.265. The summed E-state index contributed by atoms with van der Waals surface area (Å²) in [6.07, 6.45) is -4.41. The SMILES string of the molecule is O=C(CBr)c1ccc(C(F)(F)F)c(I)c1Br. The predicted molar refractivity (Wildman–Crippen MR) is 70.0 cm³/mol. The minimum Gasteiger partial charge on any atom is -0.293 e. The topological polar surface area (TPSA) is 17.1 Å². The Balaban J connectivity index is 3.35. The van der Waals surface area contributed by atoms with Crippen molar-refractivity contribution >= 4 is 60.2 Å². The lowest BCUT2D eigenvalue weighted by molar-refractivity contribution is -0.138. The Kier molecular flexibility index (Phi) is 4.82. The summed E-state index contributed by atoms with van der Waals surface area (Å²) in [5, 5.41) is 0.0764. The quantitative estimate of drug-likeness (QED) is 0.349. The third-order valence-electron chi connectivity index (χ3n) is 1.81. The first-order chi connectivity index (χ1) is 7.29. The minimum absolute atomic E-state index is 0.00287. The lowest BCUT2D eigenvalue weighted by Crippen LogP contribution is -2.10. The van der Waals surface area contributed by atoms with Crippen LogP contribution in [0.15, 0.2) is 16.6 Å². The smallest absolute Gasteiger partial charge is 0.293 e. The molecule has 0 atom stereocenters. The van der Waals surface area contributed by atoms with Crippen molar-refractivity contribution in [1.82, 2.24) is 0 Å². The van der Waals surface area contributed by atoms with E-state index in [4.69, 9.17) is 0 Å². The molecular formula is C9H4Br2F3IO. The molecule has 1 rings (SSSR count). The maximum absolute atomic E-state index is 12.5. The van der Waals surface area contributed by atoms with Crippen molar-refractivity contribution in [2.24, 2.45) is 0 Å². The van der Waals surface area contributed by atoms with Gasteiger partial charge in [0.1, 0.15) is 0 Å². The van der Waals surface area contributed by atoms with E-state index in [1.807, 2.05) is 0 Å². The fourth-order valence-electron chi connectivity index (χ4n) is 1.06. The molecule has 0 unspecified atom stereocenters. The molecule has 1 aromatic carbocycles. The molecule has 0 aromatic heterocycles. The summed E-state index contributed by atoms with van der Waals surface area (Å²) >= 11 is 7.56. The largest absolute Gasteiger partial charge is 0.417 e.